The molecule has 0 aliphatic rings. The molecule has 0 unspecified atom stereocenters. The van der Waals surface area contributed by atoms with Gasteiger partial charge in [0.05, 0.1) is 16.7 Å². The van der Waals surface area contributed by atoms with Gasteiger partial charge < -0.3 is 5.32 Å². The Morgan fingerprint density at radius 1 is 1.14 bits per heavy atom. The fourth-order valence-electron chi connectivity index (χ4n) is 2.67. The highest BCUT2D eigenvalue weighted by atomic mass is 19.4. The first-order valence-electron chi connectivity index (χ1n) is 7.94. The molecule has 0 bridgehead atoms. The number of aromatic nitrogens is 2. The predicted molar refractivity (Wildman–Crippen MR) is 90.7 cm³/mol. The number of nitrogens with zero attached hydrogens (tertiary/aromatic N) is 2. The molecule has 1 amide bonds. The Balaban J connectivity index is 2.11. The molecule has 0 spiro atoms. The maximum Gasteiger partial charge on any atom is 0.438 e. The third-order valence-electron chi connectivity index (χ3n) is 4.02. The number of amides is 1. The molecular weight excluding hydrogens is 385 g/mol. The van der Waals surface area contributed by atoms with Gasteiger partial charge in [-0.15, -0.1) is 0 Å². The van der Waals surface area contributed by atoms with Crippen LogP contribution < -0.4 is 10.9 Å². The largest absolute Gasteiger partial charge is 0.438 e. The summed E-state index contributed by atoms with van der Waals surface area (Å²) in [5, 5.41) is 2.08. The van der Waals surface area contributed by atoms with Gasteiger partial charge >= 0.3 is 6.18 Å². The van der Waals surface area contributed by atoms with Crippen molar-refractivity contribution in [3.63, 3.8) is 0 Å². The molecule has 1 N–H and O–H groups in total. The number of hydrogen-bond donors (Lipinski definition) is 1. The number of para-hydroxylation sites is 2. The summed E-state index contributed by atoms with van der Waals surface area (Å²) >= 11 is 0. The summed E-state index contributed by atoms with van der Waals surface area (Å²) in [6.45, 7) is 1.17. The molecule has 28 heavy (non-hydrogen) atoms. The number of carbonyl (C=O) groups is 1. The molecule has 1 heterocycles. The van der Waals surface area contributed by atoms with Crippen LogP contribution in [0.15, 0.2) is 47.3 Å². The van der Waals surface area contributed by atoms with Gasteiger partial charge in [0.1, 0.15) is 17.7 Å². The number of halogens is 5. The van der Waals surface area contributed by atoms with Crippen LogP contribution in [0.2, 0.25) is 0 Å². The summed E-state index contributed by atoms with van der Waals surface area (Å²) in [5.74, 6) is -2.77. The van der Waals surface area contributed by atoms with Crippen molar-refractivity contribution in [1.82, 2.24) is 9.55 Å². The van der Waals surface area contributed by atoms with Gasteiger partial charge in [-0.1, -0.05) is 12.1 Å². The molecular formula is C18H12F5N3O2. The second-order valence-electron chi connectivity index (χ2n) is 5.91. The minimum absolute atomic E-state index is 0.0112. The van der Waals surface area contributed by atoms with E-state index >= 15 is 0 Å². The van der Waals surface area contributed by atoms with Crippen molar-refractivity contribution >= 4 is 22.6 Å². The minimum Gasteiger partial charge on any atom is -0.322 e. The van der Waals surface area contributed by atoms with E-state index in [0.29, 0.717) is 10.6 Å². The first-order valence-corrected chi connectivity index (χ1v) is 7.94. The number of rotatable bonds is 3. The van der Waals surface area contributed by atoms with Gasteiger partial charge in [-0.3, -0.25) is 14.2 Å². The van der Waals surface area contributed by atoms with Crippen LogP contribution in [0.4, 0.5) is 27.6 Å². The summed E-state index contributed by atoms with van der Waals surface area (Å²) < 4.78 is 67.2. The maximum atomic E-state index is 13.7. The number of fused-ring (bicyclic) bond motifs is 1. The summed E-state index contributed by atoms with van der Waals surface area (Å²) in [5.41, 5.74) is -3.86. The number of nitrogens with one attached hydrogen (secondary N) is 1. The number of anilines is 1. The van der Waals surface area contributed by atoms with Crippen LogP contribution in [0, 0.1) is 11.6 Å². The molecule has 1 atom stereocenters. The first-order chi connectivity index (χ1) is 13.1. The highest BCUT2D eigenvalue weighted by Crippen LogP contribution is 2.27. The van der Waals surface area contributed by atoms with E-state index < -0.39 is 46.7 Å². The van der Waals surface area contributed by atoms with Crippen molar-refractivity contribution in [2.45, 2.75) is 19.1 Å². The normalized spacial score (nSPS) is 12.8. The molecule has 3 aromatic rings. The lowest BCUT2D eigenvalue weighted by atomic mass is 10.2. The van der Waals surface area contributed by atoms with Crippen LogP contribution >= 0.6 is 0 Å². The zero-order valence-corrected chi connectivity index (χ0v) is 14.2. The van der Waals surface area contributed by atoms with E-state index in [4.69, 9.17) is 0 Å². The smallest absolute Gasteiger partial charge is 0.322 e. The Morgan fingerprint density at radius 2 is 1.82 bits per heavy atom. The average molecular weight is 397 g/mol. The SMILES string of the molecule is C[C@@H](C(=O)Nc1cc(F)ccc1F)n1c(=O)c(C(F)(F)F)nc2ccccc21. The second-order valence-corrected chi connectivity index (χ2v) is 5.91. The molecule has 0 fully saturated rings. The third-order valence-corrected chi connectivity index (χ3v) is 4.02. The number of hydrogen-bond acceptors (Lipinski definition) is 3. The summed E-state index contributed by atoms with van der Waals surface area (Å²) in [6, 6.07) is 6.35. The number of benzene rings is 2. The van der Waals surface area contributed by atoms with Gasteiger partial charge in [0.25, 0.3) is 5.56 Å². The first kappa shape index (κ1) is 19.5. The third kappa shape index (κ3) is 3.57. The van der Waals surface area contributed by atoms with Crippen molar-refractivity contribution < 1.29 is 26.7 Å². The van der Waals surface area contributed by atoms with Gasteiger partial charge in [-0.2, -0.15) is 13.2 Å². The Bertz CT molecular complexity index is 1120. The standard InChI is InChI=1S/C18H12F5N3O2/c1-9(16(27)25-13-8-10(19)6-7-11(13)20)26-14-5-3-2-4-12(14)24-15(17(26)28)18(21,22)23/h2-9H,1H3,(H,25,27)/t9-/m0/s1. The van der Waals surface area contributed by atoms with E-state index in [0.717, 1.165) is 12.1 Å². The molecule has 0 radical (unpaired) electrons. The van der Waals surface area contributed by atoms with Crippen molar-refractivity contribution in [2.24, 2.45) is 0 Å². The predicted octanol–water partition coefficient (Wildman–Crippen LogP) is 3.89. The lowest BCUT2D eigenvalue weighted by molar-refractivity contribution is -0.142. The van der Waals surface area contributed by atoms with Crippen LogP contribution in [-0.2, 0) is 11.0 Å². The molecule has 2 aromatic carbocycles. The lowest BCUT2D eigenvalue weighted by Gasteiger charge is -2.19. The van der Waals surface area contributed by atoms with Gasteiger partial charge in [0, 0.05) is 6.07 Å². The van der Waals surface area contributed by atoms with E-state index in [2.05, 4.69) is 10.3 Å². The van der Waals surface area contributed by atoms with E-state index in [1.807, 2.05) is 0 Å². The highest BCUT2D eigenvalue weighted by Gasteiger charge is 2.38. The number of carbonyl (C=O) groups excluding carboxylic acids is 1. The Kier molecular flexibility index (Phi) is 4.88. The summed E-state index contributed by atoms with van der Waals surface area (Å²) in [4.78, 5) is 28.2. The Hall–Kier alpha value is -3.30. The average Bonchev–Trinajstić information content (AvgIpc) is 2.62. The van der Waals surface area contributed by atoms with Gasteiger partial charge in [-0.05, 0) is 31.2 Å². The van der Waals surface area contributed by atoms with Crippen LogP contribution in [0.1, 0.15) is 18.7 Å². The molecule has 146 valence electrons. The van der Waals surface area contributed by atoms with E-state index in [1.54, 1.807) is 0 Å². The molecule has 0 aliphatic carbocycles. The fourth-order valence-corrected chi connectivity index (χ4v) is 2.67. The summed E-state index contributed by atoms with van der Waals surface area (Å²) in [7, 11) is 0. The second kappa shape index (κ2) is 7.02. The highest BCUT2D eigenvalue weighted by molar-refractivity contribution is 5.94. The summed E-state index contributed by atoms with van der Waals surface area (Å²) in [6.07, 6.45) is -5.03. The van der Waals surface area contributed by atoms with Crippen LogP contribution in [-0.4, -0.2) is 15.5 Å². The molecule has 0 saturated carbocycles. The van der Waals surface area contributed by atoms with E-state index in [9.17, 15) is 31.5 Å². The fraction of sp³-hybridized carbons (Fsp3) is 0.167. The molecule has 5 nitrogen and oxygen atoms in total. The van der Waals surface area contributed by atoms with E-state index in [-0.39, 0.29) is 11.0 Å². The van der Waals surface area contributed by atoms with Crippen molar-refractivity contribution in [3.05, 3.63) is 70.1 Å². The molecule has 1 aromatic heterocycles. The maximum absolute atomic E-state index is 13.7. The Labute approximate surface area is 154 Å². The zero-order valence-electron chi connectivity index (χ0n) is 14.2. The van der Waals surface area contributed by atoms with Crippen molar-refractivity contribution in [2.75, 3.05) is 5.32 Å². The van der Waals surface area contributed by atoms with Gasteiger partial charge in [0.15, 0.2) is 0 Å². The van der Waals surface area contributed by atoms with Crippen LogP contribution in [0.25, 0.3) is 11.0 Å². The van der Waals surface area contributed by atoms with Crippen LogP contribution in [0.3, 0.4) is 0 Å². The molecule has 0 saturated heterocycles. The van der Waals surface area contributed by atoms with Gasteiger partial charge in [-0.25, -0.2) is 13.8 Å². The molecule has 10 heteroatoms. The lowest BCUT2D eigenvalue weighted by Crippen LogP contribution is -2.36. The van der Waals surface area contributed by atoms with Crippen LogP contribution in [0.5, 0.6) is 0 Å². The van der Waals surface area contributed by atoms with Crippen molar-refractivity contribution in [1.29, 1.82) is 0 Å². The van der Waals surface area contributed by atoms with Crippen molar-refractivity contribution in [3.8, 4) is 0 Å². The Morgan fingerprint density at radius 3 is 2.50 bits per heavy atom. The number of alkyl halides is 3. The molecule has 0 aliphatic heterocycles. The quantitative estimate of drug-likeness (QED) is 0.682. The van der Waals surface area contributed by atoms with E-state index in [1.165, 1.54) is 31.2 Å². The van der Waals surface area contributed by atoms with Gasteiger partial charge in [0.2, 0.25) is 11.6 Å². The molecule has 3 rings (SSSR count). The minimum atomic E-state index is -5.03. The topological polar surface area (TPSA) is 64.0 Å². The monoisotopic (exact) mass is 397 g/mol. The zero-order chi connectivity index (χ0) is 20.6.